The van der Waals surface area contributed by atoms with E-state index in [2.05, 4.69) is 0 Å². The third kappa shape index (κ3) is 2.05. The van der Waals surface area contributed by atoms with Crippen molar-refractivity contribution in [3.05, 3.63) is 0 Å². The van der Waals surface area contributed by atoms with E-state index in [1.165, 1.54) is 0 Å². The van der Waals surface area contributed by atoms with Gasteiger partial charge in [-0.3, -0.25) is 0 Å². The Kier molecular flexibility index (Phi) is 2.96. The van der Waals surface area contributed by atoms with Crippen LogP contribution < -0.4 is 5.73 Å². The van der Waals surface area contributed by atoms with Gasteiger partial charge in [-0.05, 0) is 27.7 Å². The standard InChI is InChI=1S/C10H20BNO2S/c1-8(2,7(12)15)11-13-9(3,4)10(5,6)14-11/h1-6H3,(H2,12,15). The molecule has 15 heavy (non-hydrogen) atoms. The molecule has 0 aromatic carbocycles. The van der Waals surface area contributed by atoms with Gasteiger partial charge in [0.25, 0.3) is 0 Å². The number of thiocarbonyl (C=S) groups is 1. The van der Waals surface area contributed by atoms with Crippen LogP contribution in [0.25, 0.3) is 0 Å². The van der Waals surface area contributed by atoms with Crippen LogP contribution in [0.15, 0.2) is 0 Å². The third-order valence-electron chi connectivity index (χ3n) is 3.48. The van der Waals surface area contributed by atoms with Gasteiger partial charge in [-0.25, -0.2) is 0 Å². The predicted molar refractivity (Wildman–Crippen MR) is 66.9 cm³/mol. The molecule has 0 saturated carbocycles. The lowest BCUT2D eigenvalue weighted by Crippen LogP contribution is -2.41. The summed E-state index contributed by atoms with van der Waals surface area (Å²) in [5.41, 5.74) is 5.03. The van der Waals surface area contributed by atoms with Crippen molar-refractivity contribution in [1.82, 2.24) is 0 Å². The lowest BCUT2D eigenvalue weighted by atomic mass is 9.60. The summed E-state index contributed by atoms with van der Waals surface area (Å²) in [6.07, 6.45) is 0. The van der Waals surface area contributed by atoms with E-state index in [1.54, 1.807) is 0 Å². The molecule has 0 bridgehead atoms. The van der Waals surface area contributed by atoms with Gasteiger partial charge in [-0.15, -0.1) is 0 Å². The largest absolute Gasteiger partial charge is 0.471 e. The number of rotatable bonds is 2. The molecule has 0 spiro atoms. The Balaban J connectivity index is 2.93. The number of nitrogens with two attached hydrogens (primary N) is 1. The van der Waals surface area contributed by atoms with Gasteiger partial charge >= 0.3 is 7.12 Å². The summed E-state index contributed by atoms with van der Waals surface area (Å²) in [5, 5.41) is -0.444. The van der Waals surface area contributed by atoms with E-state index in [0.29, 0.717) is 4.99 Å². The van der Waals surface area contributed by atoms with Crippen molar-refractivity contribution in [1.29, 1.82) is 0 Å². The highest BCUT2D eigenvalue weighted by Gasteiger charge is 2.57. The molecule has 0 unspecified atom stereocenters. The molecule has 0 amide bonds. The van der Waals surface area contributed by atoms with Crippen LogP contribution in [0.1, 0.15) is 41.5 Å². The maximum absolute atomic E-state index is 5.90. The normalized spacial score (nSPS) is 24.3. The van der Waals surface area contributed by atoms with E-state index in [1.807, 2.05) is 41.5 Å². The summed E-state index contributed by atoms with van der Waals surface area (Å²) in [6, 6.07) is 0. The summed E-state index contributed by atoms with van der Waals surface area (Å²) in [4.78, 5) is 0.418. The molecule has 1 fully saturated rings. The first-order valence-corrected chi connectivity index (χ1v) is 5.57. The topological polar surface area (TPSA) is 44.5 Å². The summed E-state index contributed by atoms with van der Waals surface area (Å²) < 4.78 is 11.8. The second kappa shape index (κ2) is 3.44. The van der Waals surface area contributed by atoms with Crippen LogP contribution in [0.3, 0.4) is 0 Å². The second-order valence-corrected chi connectivity index (χ2v) is 6.11. The molecule has 1 saturated heterocycles. The maximum atomic E-state index is 5.90. The van der Waals surface area contributed by atoms with Gasteiger partial charge in [-0.1, -0.05) is 26.1 Å². The van der Waals surface area contributed by atoms with Crippen molar-refractivity contribution >= 4 is 24.3 Å². The van der Waals surface area contributed by atoms with Crippen molar-refractivity contribution in [3.63, 3.8) is 0 Å². The molecule has 0 aliphatic carbocycles. The highest BCUT2D eigenvalue weighted by atomic mass is 32.1. The minimum absolute atomic E-state index is 0.334. The molecule has 1 aliphatic rings. The highest BCUT2D eigenvalue weighted by Crippen LogP contribution is 2.44. The van der Waals surface area contributed by atoms with Crippen LogP contribution in [-0.2, 0) is 9.31 Å². The zero-order chi connectivity index (χ0) is 12.1. The van der Waals surface area contributed by atoms with Crippen molar-refractivity contribution in [2.45, 2.75) is 58.1 Å². The van der Waals surface area contributed by atoms with Crippen molar-refractivity contribution in [2.24, 2.45) is 5.73 Å². The van der Waals surface area contributed by atoms with Gasteiger partial charge in [0, 0.05) is 0 Å². The van der Waals surface area contributed by atoms with Gasteiger partial charge in [0.15, 0.2) is 0 Å². The van der Waals surface area contributed by atoms with Crippen molar-refractivity contribution in [2.75, 3.05) is 0 Å². The molecule has 0 radical (unpaired) electrons. The fraction of sp³-hybridized carbons (Fsp3) is 0.900. The average molecular weight is 229 g/mol. The fourth-order valence-corrected chi connectivity index (χ4v) is 1.35. The highest BCUT2D eigenvalue weighted by molar-refractivity contribution is 7.80. The quantitative estimate of drug-likeness (QED) is 0.582. The van der Waals surface area contributed by atoms with Gasteiger partial charge < -0.3 is 15.0 Å². The molecule has 86 valence electrons. The first-order chi connectivity index (χ1) is 6.51. The minimum Gasteiger partial charge on any atom is -0.403 e. The van der Waals surface area contributed by atoms with Gasteiger partial charge in [0.05, 0.1) is 21.5 Å². The molecule has 2 N–H and O–H groups in total. The molecular formula is C10H20BNO2S. The summed E-state index contributed by atoms with van der Waals surface area (Å²) in [7, 11) is -0.375. The first kappa shape index (κ1) is 12.9. The molecule has 1 aliphatic heterocycles. The Morgan fingerprint density at radius 3 is 1.73 bits per heavy atom. The fourth-order valence-electron chi connectivity index (χ4n) is 1.25. The molecule has 1 rings (SSSR count). The van der Waals surface area contributed by atoms with Crippen LogP contribution in [0.2, 0.25) is 5.31 Å². The lowest BCUT2D eigenvalue weighted by molar-refractivity contribution is 0.00578. The summed E-state index contributed by atoms with van der Waals surface area (Å²) in [5.74, 6) is 0. The first-order valence-electron chi connectivity index (χ1n) is 5.16. The Bertz CT molecular complexity index is 273. The van der Waals surface area contributed by atoms with Crippen LogP contribution >= 0.6 is 12.2 Å². The molecule has 1 heterocycles. The van der Waals surface area contributed by atoms with E-state index < -0.39 is 5.31 Å². The zero-order valence-electron chi connectivity index (χ0n) is 10.4. The van der Waals surface area contributed by atoms with Crippen molar-refractivity contribution < 1.29 is 9.31 Å². The molecule has 5 heteroatoms. The molecule has 3 nitrogen and oxygen atoms in total. The molecular weight excluding hydrogens is 209 g/mol. The molecule has 0 aromatic rings. The van der Waals surface area contributed by atoms with Gasteiger partial charge in [0.1, 0.15) is 0 Å². The van der Waals surface area contributed by atoms with Crippen molar-refractivity contribution in [3.8, 4) is 0 Å². The lowest BCUT2D eigenvalue weighted by Gasteiger charge is -2.32. The summed E-state index contributed by atoms with van der Waals surface area (Å²) in [6.45, 7) is 11.9. The third-order valence-corrected chi connectivity index (χ3v) is 4.00. The predicted octanol–water partition coefficient (Wildman–Crippen LogP) is 2.14. The average Bonchev–Trinajstić information content (AvgIpc) is 2.21. The maximum Gasteiger partial charge on any atom is 0.471 e. The Labute approximate surface area is 97.8 Å². The van der Waals surface area contributed by atoms with Gasteiger partial charge in [0.2, 0.25) is 0 Å². The monoisotopic (exact) mass is 229 g/mol. The smallest absolute Gasteiger partial charge is 0.403 e. The van der Waals surface area contributed by atoms with Crippen LogP contribution in [0, 0.1) is 0 Å². The molecule has 0 atom stereocenters. The van der Waals surface area contributed by atoms with E-state index in [0.717, 1.165) is 0 Å². The van der Waals surface area contributed by atoms with Crippen LogP contribution in [0.5, 0.6) is 0 Å². The van der Waals surface area contributed by atoms with E-state index >= 15 is 0 Å². The second-order valence-electron chi connectivity index (χ2n) is 5.67. The van der Waals surface area contributed by atoms with Gasteiger partial charge in [-0.2, -0.15) is 0 Å². The van der Waals surface area contributed by atoms with Crippen LogP contribution in [-0.4, -0.2) is 23.3 Å². The SMILES string of the molecule is CC(C)(B1OC(C)(C)C(C)(C)O1)C(N)=S. The van der Waals surface area contributed by atoms with E-state index in [-0.39, 0.29) is 18.3 Å². The number of hydrogen-bond donors (Lipinski definition) is 1. The van der Waals surface area contributed by atoms with E-state index in [4.69, 9.17) is 27.3 Å². The summed E-state index contributed by atoms with van der Waals surface area (Å²) >= 11 is 5.04. The molecule has 0 aromatic heterocycles. The minimum atomic E-state index is -0.444. The Morgan fingerprint density at radius 2 is 1.47 bits per heavy atom. The Morgan fingerprint density at radius 1 is 1.13 bits per heavy atom. The Hall–Kier alpha value is -0.125. The van der Waals surface area contributed by atoms with Crippen LogP contribution in [0.4, 0.5) is 0 Å². The number of hydrogen-bond acceptors (Lipinski definition) is 3. The zero-order valence-corrected chi connectivity index (χ0v) is 11.2. The van der Waals surface area contributed by atoms with E-state index in [9.17, 15) is 0 Å².